The summed E-state index contributed by atoms with van der Waals surface area (Å²) in [5, 5.41) is 3.83. The van der Waals surface area contributed by atoms with Crippen molar-refractivity contribution in [3.05, 3.63) is 63.6 Å². The van der Waals surface area contributed by atoms with Crippen molar-refractivity contribution in [2.75, 3.05) is 6.61 Å². The van der Waals surface area contributed by atoms with Crippen molar-refractivity contribution < 1.29 is 13.9 Å². The van der Waals surface area contributed by atoms with Gasteiger partial charge in [-0.3, -0.25) is 9.78 Å². The second-order valence-corrected chi connectivity index (χ2v) is 9.16. The first-order valence-corrected chi connectivity index (χ1v) is 10.9. The van der Waals surface area contributed by atoms with Crippen molar-refractivity contribution in [3.63, 3.8) is 0 Å². The van der Waals surface area contributed by atoms with E-state index < -0.39 is 11.9 Å². The van der Waals surface area contributed by atoms with Crippen LogP contribution in [0.4, 0.5) is 4.39 Å². The highest BCUT2D eigenvalue weighted by Crippen LogP contribution is 2.33. The molecule has 0 saturated heterocycles. The van der Waals surface area contributed by atoms with Crippen molar-refractivity contribution >= 4 is 28.8 Å². The summed E-state index contributed by atoms with van der Waals surface area (Å²) in [6.45, 7) is 4.30. The van der Waals surface area contributed by atoms with Crippen molar-refractivity contribution in [1.82, 2.24) is 15.3 Å². The molecule has 2 heterocycles. The largest absolute Gasteiger partial charge is 0.493 e. The standard InChI is InChI=1S/C22H21ClFN3O2S/c1-12-9-26-22(30-12)16-5-15(6-18(7-16)29-11-14-3-4-14)21(28)27-13(2)20-19(24)8-17(23)10-25-20/h5-10,13-14H,3-4,11H2,1-2H3,(H,27,28). The van der Waals surface area contributed by atoms with E-state index in [0.717, 1.165) is 15.4 Å². The van der Waals surface area contributed by atoms with Crippen molar-refractivity contribution in [2.24, 2.45) is 5.92 Å². The molecule has 1 amide bonds. The third kappa shape index (κ3) is 4.96. The van der Waals surface area contributed by atoms with E-state index in [2.05, 4.69) is 15.3 Å². The van der Waals surface area contributed by atoms with E-state index in [0.29, 0.717) is 23.8 Å². The van der Waals surface area contributed by atoms with Crippen LogP contribution in [-0.4, -0.2) is 22.5 Å². The molecule has 1 fully saturated rings. The first-order valence-electron chi connectivity index (χ1n) is 9.71. The number of nitrogens with one attached hydrogen (secondary N) is 1. The third-order valence-corrected chi connectivity index (χ3v) is 5.98. The molecule has 1 aliphatic carbocycles. The predicted octanol–water partition coefficient (Wildman–Crippen LogP) is 5.59. The average Bonchev–Trinajstić information content (AvgIpc) is 3.44. The molecule has 0 aliphatic heterocycles. The van der Waals surface area contributed by atoms with Gasteiger partial charge in [-0.25, -0.2) is 9.37 Å². The monoisotopic (exact) mass is 445 g/mol. The fourth-order valence-electron chi connectivity index (χ4n) is 3.02. The van der Waals surface area contributed by atoms with Crippen molar-refractivity contribution in [2.45, 2.75) is 32.7 Å². The summed E-state index contributed by atoms with van der Waals surface area (Å²) < 4.78 is 20.1. The van der Waals surface area contributed by atoms with Crippen LogP contribution in [0.3, 0.4) is 0 Å². The van der Waals surface area contributed by atoms with Gasteiger partial charge in [0.25, 0.3) is 5.91 Å². The SMILES string of the molecule is Cc1cnc(-c2cc(OCC3CC3)cc(C(=O)NC(C)c3ncc(Cl)cc3F)c2)s1. The first-order chi connectivity index (χ1) is 14.4. The Bertz CT molecular complexity index is 1080. The number of aryl methyl sites for hydroxylation is 1. The molecule has 1 N–H and O–H groups in total. The summed E-state index contributed by atoms with van der Waals surface area (Å²) in [6.07, 6.45) is 5.51. The van der Waals surface area contributed by atoms with Gasteiger partial charge in [0.15, 0.2) is 0 Å². The summed E-state index contributed by atoms with van der Waals surface area (Å²) in [6, 6.07) is 5.94. The van der Waals surface area contributed by atoms with E-state index in [1.807, 2.05) is 13.0 Å². The second-order valence-electron chi connectivity index (χ2n) is 7.49. The fourth-order valence-corrected chi connectivity index (χ4v) is 3.91. The van der Waals surface area contributed by atoms with Crippen LogP contribution in [-0.2, 0) is 0 Å². The van der Waals surface area contributed by atoms with Gasteiger partial charge in [0.2, 0.25) is 0 Å². The molecule has 1 saturated carbocycles. The zero-order valence-corrected chi connectivity index (χ0v) is 18.2. The number of hydrogen-bond donors (Lipinski definition) is 1. The van der Waals surface area contributed by atoms with Gasteiger partial charge in [-0.15, -0.1) is 11.3 Å². The Balaban J connectivity index is 1.58. The van der Waals surface area contributed by atoms with Gasteiger partial charge in [-0.2, -0.15) is 0 Å². The Hall–Kier alpha value is -2.51. The first kappa shape index (κ1) is 20.8. The Labute approximate surface area is 183 Å². The Morgan fingerprint density at radius 3 is 2.77 bits per heavy atom. The lowest BCUT2D eigenvalue weighted by atomic mass is 10.1. The molecule has 0 bridgehead atoms. The maximum Gasteiger partial charge on any atom is 0.251 e. The highest BCUT2D eigenvalue weighted by atomic mass is 35.5. The van der Waals surface area contributed by atoms with Crippen LogP contribution in [0.5, 0.6) is 5.75 Å². The molecule has 156 valence electrons. The average molecular weight is 446 g/mol. The van der Waals surface area contributed by atoms with Gasteiger partial charge in [0.1, 0.15) is 16.6 Å². The van der Waals surface area contributed by atoms with Crippen LogP contribution in [0, 0.1) is 18.7 Å². The molecule has 30 heavy (non-hydrogen) atoms. The number of thiazole rings is 1. The molecule has 0 radical (unpaired) electrons. The molecule has 5 nitrogen and oxygen atoms in total. The quantitative estimate of drug-likeness (QED) is 0.515. The zero-order chi connectivity index (χ0) is 21.3. The number of benzene rings is 1. The summed E-state index contributed by atoms with van der Waals surface area (Å²) in [5.41, 5.74) is 1.37. The summed E-state index contributed by atoms with van der Waals surface area (Å²) >= 11 is 7.32. The predicted molar refractivity (Wildman–Crippen MR) is 116 cm³/mol. The number of carbonyl (C=O) groups excluding carboxylic acids is 1. The van der Waals surface area contributed by atoms with Gasteiger partial charge >= 0.3 is 0 Å². The lowest BCUT2D eigenvalue weighted by Gasteiger charge is -2.15. The van der Waals surface area contributed by atoms with E-state index in [9.17, 15) is 9.18 Å². The Kier molecular flexibility index (Phi) is 6.01. The van der Waals surface area contributed by atoms with E-state index in [-0.39, 0.29) is 16.6 Å². The minimum Gasteiger partial charge on any atom is -0.493 e. The number of hydrogen-bond acceptors (Lipinski definition) is 5. The molecule has 1 atom stereocenters. The maximum atomic E-state index is 14.2. The highest BCUT2D eigenvalue weighted by molar-refractivity contribution is 7.14. The molecule has 8 heteroatoms. The summed E-state index contributed by atoms with van der Waals surface area (Å²) in [4.78, 5) is 22.5. The van der Waals surface area contributed by atoms with E-state index in [4.69, 9.17) is 16.3 Å². The Morgan fingerprint density at radius 1 is 1.30 bits per heavy atom. The smallest absolute Gasteiger partial charge is 0.251 e. The van der Waals surface area contributed by atoms with Crippen LogP contribution in [0.2, 0.25) is 5.02 Å². The number of nitrogens with zero attached hydrogens (tertiary/aromatic N) is 2. The topological polar surface area (TPSA) is 64.1 Å². The second kappa shape index (κ2) is 8.70. The van der Waals surface area contributed by atoms with Crippen LogP contribution in [0.25, 0.3) is 10.6 Å². The lowest BCUT2D eigenvalue weighted by Crippen LogP contribution is -2.28. The van der Waals surface area contributed by atoms with Gasteiger partial charge < -0.3 is 10.1 Å². The highest BCUT2D eigenvalue weighted by Gasteiger charge is 2.23. The summed E-state index contributed by atoms with van der Waals surface area (Å²) in [7, 11) is 0. The van der Waals surface area contributed by atoms with E-state index in [1.165, 1.54) is 25.1 Å². The van der Waals surface area contributed by atoms with Gasteiger partial charge in [-0.05, 0) is 56.9 Å². The van der Waals surface area contributed by atoms with Crippen LogP contribution >= 0.6 is 22.9 Å². The molecule has 1 aliphatic rings. The lowest BCUT2D eigenvalue weighted by molar-refractivity contribution is 0.0938. The molecule has 0 spiro atoms. The number of rotatable bonds is 7. The molecule has 2 aromatic heterocycles. The minimum atomic E-state index is -0.628. The molecular formula is C22H21ClFN3O2S. The number of carbonyl (C=O) groups is 1. The van der Waals surface area contributed by atoms with Crippen LogP contribution in [0.1, 0.15) is 46.7 Å². The van der Waals surface area contributed by atoms with E-state index in [1.54, 1.807) is 36.6 Å². The minimum absolute atomic E-state index is 0.129. The number of pyridine rings is 1. The zero-order valence-electron chi connectivity index (χ0n) is 16.6. The summed E-state index contributed by atoms with van der Waals surface area (Å²) in [5.74, 6) is 0.314. The molecular weight excluding hydrogens is 425 g/mol. The van der Waals surface area contributed by atoms with Crippen molar-refractivity contribution in [3.8, 4) is 16.3 Å². The van der Waals surface area contributed by atoms with Gasteiger partial charge in [-0.1, -0.05) is 11.6 Å². The molecule has 1 aromatic carbocycles. The van der Waals surface area contributed by atoms with Gasteiger partial charge in [0.05, 0.1) is 23.4 Å². The number of ether oxygens (including phenoxy) is 1. The molecule has 3 aromatic rings. The molecule has 4 rings (SSSR count). The normalized spacial score (nSPS) is 14.4. The van der Waals surface area contributed by atoms with Gasteiger partial charge in [0, 0.05) is 28.4 Å². The number of amides is 1. The van der Waals surface area contributed by atoms with E-state index >= 15 is 0 Å². The van der Waals surface area contributed by atoms with Crippen LogP contribution < -0.4 is 10.1 Å². The number of aromatic nitrogens is 2. The fraction of sp³-hybridized carbons (Fsp3) is 0.318. The van der Waals surface area contributed by atoms with Crippen LogP contribution in [0.15, 0.2) is 36.7 Å². The molecule has 1 unspecified atom stereocenters. The van der Waals surface area contributed by atoms with Crippen molar-refractivity contribution in [1.29, 1.82) is 0 Å². The Morgan fingerprint density at radius 2 is 2.10 bits per heavy atom. The number of halogens is 2. The third-order valence-electron chi connectivity index (χ3n) is 4.81. The maximum absolute atomic E-state index is 14.2.